The lowest BCUT2D eigenvalue weighted by Gasteiger charge is -2.19. The molecule has 0 bridgehead atoms. The van der Waals surface area contributed by atoms with E-state index in [0.717, 1.165) is 69.9 Å². The predicted molar refractivity (Wildman–Crippen MR) is 93.1 cm³/mol. The predicted octanol–water partition coefficient (Wildman–Crippen LogP) is 1.71. The number of amides is 1. The van der Waals surface area contributed by atoms with Crippen LogP contribution in [-0.2, 0) is 26.4 Å². The molecule has 2 aliphatic rings. The summed E-state index contributed by atoms with van der Waals surface area (Å²) in [5.74, 6) is 1.23. The average Bonchev–Trinajstić information content (AvgIpc) is 3.30. The van der Waals surface area contributed by atoms with Crippen LogP contribution in [0.4, 0.5) is 0 Å². The molecule has 2 aromatic rings. The normalized spacial score (nSPS) is 18.6. The first-order chi connectivity index (χ1) is 11.7. The van der Waals surface area contributed by atoms with Crippen LogP contribution in [0.25, 0.3) is 0 Å². The van der Waals surface area contributed by atoms with Gasteiger partial charge in [0.15, 0.2) is 5.01 Å². The molecule has 0 saturated carbocycles. The third-order valence-electron chi connectivity index (χ3n) is 4.96. The molecule has 0 atom stereocenters. The molecular formula is C17H23N5OS. The second-order valence-electron chi connectivity index (χ2n) is 6.62. The van der Waals surface area contributed by atoms with Crippen molar-refractivity contribution in [3.05, 3.63) is 33.8 Å². The molecule has 7 heteroatoms. The van der Waals surface area contributed by atoms with Crippen molar-refractivity contribution in [2.75, 3.05) is 26.2 Å². The van der Waals surface area contributed by atoms with Crippen molar-refractivity contribution < 1.29 is 4.79 Å². The van der Waals surface area contributed by atoms with Crippen molar-refractivity contribution in [2.24, 2.45) is 7.05 Å². The third-order valence-corrected chi connectivity index (χ3v) is 6.11. The van der Waals surface area contributed by atoms with E-state index in [2.05, 4.69) is 19.4 Å². The van der Waals surface area contributed by atoms with E-state index in [0.29, 0.717) is 5.01 Å². The van der Waals surface area contributed by atoms with Gasteiger partial charge < -0.3 is 9.47 Å². The van der Waals surface area contributed by atoms with Crippen LogP contribution in [0.1, 0.15) is 39.0 Å². The SMILES string of the molecule is Cn1ccnc1CN1CCc2nc(C(=O)N3CCCC3)sc2CC1. The van der Waals surface area contributed by atoms with E-state index in [4.69, 9.17) is 0 Å². The number of nitrogens with zero attached hydrogens (tertiary/aromatic N) is 5. The van der Waals surface area contributed by atoms with Gasteiger partial charge in [0.25, 0.3) is 5.91 Å². The van der Waals surface area contributed by atoms with Gasteiger partial charge in [-0.25, -0.2) is 9.97 Å². The van der Waals surface area contributed by atoms with E-state index in [1.165, 1.54) is 4.88 Å². The maximum absolute atomic E-state index is 12.5. The molecule has 1 saturated heterocycles. The molecule has 0 unspecified atom stereocenters. The molecule has 4 rings (SSSR count). The van der Waals surface area contributed by atoms with Crippen LogP contribution in [0.2, 0.25) is 0 Å². The van der Waals surface area contributed by atoms with Gasteiger partial charge in [-0.2, -0.15) is 0 Å². The van der Waals surface area contributed by atoms with Gasteiger partial charge in [-0.1, -0.05) is 0 Å². The van der Waals surface area contributed by atoms with Crippen molar-refractivity contribution >= 4 is 17.2 Å². The van der Waals surface area contributed by atoms with Crippen LogP contribution in [-0.4, -0.2) is 56.4 Å². The third kappa shape index (κ3) is 3.10. The molecule has 0 spiro atoms. The molecule has 24 heavy (non-hydrogen) atoms. The van der Waals surface area contributed by atoms with E-state index < -0.39 is 0 Å². The second kappa shape index (κ2) is 6.64. The van der Waals surface area contributed by atoms with Crippen molar-refractivity contribution in [2.45, 2.75) is 32.2 Å². The quantitative estimate of drug-likeness (QED) is 0.850. The molecule has 4 heterocycles. The molecule has 1 fully saturated rings. The van der Waals surface area contributed by atoms with Crippen molar-refractivity contribution in [3.8, 4) is 0 Å². The average molecular weight is 345 g/mol. The Morgan fingerprint density at radius 2 is 2.00 bits per heavy atom. The van der Waals surface area contributed by atoms with Crippen molar-refractivity contribution in [1.82, 2.24) is 24.3 Å². The van der Waals surface area contributed by atoms with E-state index >= 15 is 0 Å². The minimum atomic E-state index is 0.135. The van der Waals surface area contributed by atoms with Gasteiger partial charge in [0, 0.05) is 56.9 Å². The van der Waals surface area contributed by atoms with Gasteiger partial charge in [0.1, 0.15) is 5.82 Å². The molecule has 0 aliphatic carbocycles. The summed E-state index contributed by atoms with van der Waals surface area (Å²) < 4.78 is 2.08. The fraction of sp³-hybridized carbons (Fsp3) is 0.588. The summed E-state index contributed by atoms with van der Waals surface area (Å²) in [5.41, 5.74) is 1.13. The van der Waals surface area contributed by atoms with E-state index in [1.807, 2.05) is 24.3 Å². The number of fused-ring (bicyclic) bond motifs is 1. The largest absolute Gasteiger partial charge is 0.337 e. The zero-order valence-corrected chi connectivity index (χ0v) is 14.9. The number of likely N-dealkylation sites (tertiary alicyclic amines) is 1. The Labute approximate surface area is 146 Å². The summed E-state index contributed by atoms with van der Waals surface area (Å²) >= 11 is 1.61. The molecule has 128 valence electrons. The smallest absolute Gasteiger partial charge is 0.282 e. The number of carbonyl (C=O) groups excluding carboxylic acids is 1. The summed E-state index contributed by atoms with van der Waals surface area (Å²) in [5, 5.41) is 0.694. The first-order valence-electron chi connectivity index (χ1n) is 8.67. The van der Waals surface area contributed by atoms with Gasteiger partial charge in [-0.3, -0.25) is 9.69 Å². The molecule has 1 amide bonds. The highest BCUT2D eigenvalue weighted by Crippen LogP contribution is 2.25. The van der Waals surface area contributed by atoms with Gasteiger partial charge in [-0.05, 0) is 19.3 Å². The van der Waals surface area contributed by atoms with Crippen LogP contribution in [0.15, 0.2) is 12.4 Å². The van der Waals surface area contributed by atoms with Gasteiger partial charge in [-0.15, -0.1) is 11.3 Å². The lowest BCUT2D eigenvalue weighted by molar-refractivity contribution is 0.0792. The van der Waals surface area contributed by atoms with Crippen LogP contribution in [0.3, 0.4) is 0 Å². The molecule has 0 radical (unpaired) electrons. The van der Waals surface area contributed by atoms with Gasteiger partial charge in [0.2, 0.25) is 0 Å². The van der Waals surface area contributed by atoms with Gasteiger partial charge in [0.05, 0.1) is 12.2 Å². The lowest BCUT2D eigenvalue weighted by atomic mass is 10.2. The summed E-state index contributed by atoms with van der Waals surface area (Å²) in [4.78, 5) is 27.3. The summed E-state index contributed by atoms with van der Waals surface area (Å²) in [6.07, 6.45) is 7.98. The highest BCUT2D eigenvalue weighted by atomic mass is 32.1. The Morgan fingerprint density at radius 1 is 1.21 bits per heavy atom. The summed E-state index contributed by atoms with van der Waals surface area (Å²) in [6.45, 7) is 4.62. The highest BCUT2D eigenvalue weighted by Gasteiger charge is 2.25. The number of carbonyl (C=O) groups is 1. The fourth-order valence-electron chi connectivity index (χ4n) is 3.46. The minimum Gasteiger partial charge on any atom is -0.337 e. The van der Waals surface area contributed by atoms with Gasteiger partial charge >= 0.3 is 0 Å². The minimum absolute atomic E-state index is 0.135. The number of aryl methyl sites for hydroxylation is 1. The zero-order chi connectivity index (χ0) is 16.5. The van der Waals surface area contributed by atoms with Crippen LogP contribution < -0.4 is 0 Å². The monoisotopic (exact) mass is 345 g/mol. The first kappa shape index (κ1) is 15.8. The molecular weight excluding hydrogens is 322 g/mol. The number of rotatable bonds is 3. The number of hydrogen-bond donors (Lipinski definition) is 0. The topological polar surface area (TPSA) is 54.3 Å². The Hall–Kier alpha value is -1.73. The van der Waals surface area contributed by atoms with Crippen molar-refractivity contribution in [1.29, 1.82) is 0 Å². The van der Waals surface area contributed by atoms with Crippen LogP contribution >= 0.6 is 11.3 Å². The molecule has 0 aromatic carbocycles. The Balaban J connectivity index is 1.42. The molecule has 0 N–H and O–H groups in total. The Kier molecular flexibility index (Phi) is 4.37. The summed E-state index contributed by atoms with van der Waals surface area (Å²) in [6, 6.07) is 0. The molecule has 6 nitrogen and oxygen atoms in total. The number of imidazole rings is 1. The Morgan fingerprint density at radius 3 is 2.75 bits per heavy atom. The standard InChI is InChI=1S/C17H23N5OS/c1-20-11-6-18-15(20)12-21-9-4-13-14(5-10-21)24-16(19-13)17(23)22-7-2-3-8-22/h6,11H,2-5,7-10,12H2,1H3. The second-order valence-corrected chi connectivity index (χ2v) is 7.70. The van der Waals surface area contributed by atoms with Crippen molar-refractivity contribution in [3.63, 3.8) is 0 Å². The van der Waals surface area contributed by atoms with E-state index in [-0.39, 0.29) is 5.91 Å². The number of hydrogen-bond acceptors (Lipinski definition) is 5. The maximum Gasteiger partial charge on any atom is 0.282 e. The van der Waals surface area contributed by atoms with Crippen LogP contribution in [0, 0.1) is 0 Å². The Bertz CT molecular complexity index is 706. The molecule has 2 aromatic heterocycles. The number of thiazole rings is 1. The first-order valence-corrected chi connectivity index (χ1v) is 9.49. The molecule has 2 aliphatic heterocycles. The maximum atomic E-state index is 12.5. The lowest BCUT2D eigenvalue weighted by Crippen LogP contribution is -2.28. The van der Waals surface area contributed by atoms with E-state index in [9.17, 15) is 4.79 Å². The highest BCUT2D eigenvalue weighted by molar-refractivity contribution is 7.13. The fourth-order valence-corrected chi connectivity index (χ4v) is 4.53. The van der Waals surface area contributed by atoms with E-state index in [1.54, 1.807) is 11.3 Å². The summed E-state index contributed by atoms with van der Waals surface area (Å²) in [7, 11) is 2.04. The van der Waals surface area contributed by atoms with Crippen LogP contribution in [0.5, 0.6) is 0 Å². The number of aromatic nitrogens is 3. The zero-order valence-electron chi connectivity index (χ0n) is 14.1.